The van der Waals surface area contributed by atoms with Crippen molar-refractivity contribution in [1.82, 2.24) is 5.32 Å². The van der Waals surface area contributed by atoms with Gasteiger partial charge in [-0.05, 0) is 56.0 Å². The van der Waals surface area contributed by atoms with Gasteiger partial charge in [0.05, 0.1) is 0 Å². The minimum absolute atomic E-state index is 0.190. The highest BCUT2D eigenvalue weighted by Crippen LogP contribution is 2.19. The van der Waals surface area contributed by atoms with E-state index in [2.05, 4.69) is 24.4 Å². The first kappa shape index (κ1) is 19.9. The molecule has 0 saturated carbocycles. The van der Waals surface area contributed by atoms with Gasteiger partial charge in [0.2, 0.25) is 5.91 Å². The summed E-state index contributed by atoms with van der Waals surface area (Å²) in [7, 11) is 0. The summed E-state index contributed by atoms with van der Waals surface area (Å²) in [5.74, 6) is 0.180. The lowest BCUT2D eigenvalue weighted by molar-refractivity contribution is 0.0997. The number of rotatable bonds is 10. The molecule has 0 aliphatic carbocycles. The van der Waals surface area contributed by atoms with Crippen LogP contribution in [0.1, 0.15) is 34.8 Å². The Bertz CT molecular complexity index is 704. The molecular formula is C21H28N2O3. The molecule has 0 saturated heterocycles. The molecule has 0 heterocycles. The summed E-state index contributed by atoms with van der Waals surface area (Å²) in [4.78, 5) is 11.2. The van der Waals surface area contributed by atoms with Crippen molar-refractivity contribution in [2.75, 3.05) is 13.2 Å². The van der Waals surface area contributed by atoms with Crippen LogP contribution >= 0.6 is 0 Å². The molecule has 1 amide bonds. The van der Waals surface area contributed by atoms with E-state index in [1.54, 1.807) is 18.2 Å². The monoisotopic (exact) mass is 356 g/mol. The van der Waals surface area contributed by atoms with Crippen LogP contribution in [0.15, 0.2) is 48.5 Å². The molecule has 26 heavy (non-hydrogen) atoms. The van der Waals surface area contributed by atoms with E-state index >= 15 is 0 Å². The van der Waals surface area contributed by atoms with Crippen LogP contribution < -0.4 is 15.8 Å². The molecule has 0 bridgehead atoms. The molecule has 0 radical (unpaired) electrons. The highest BCUT2D eigenvalue weighted by molar-refractivity contribution is 5.93. The molecule has 4 N–H and O–H groups in total. The molecule has 5 nitrogen and oxygen atoms in total. The lowest BCUT2D eigenvalue weighted by atomic mass is 10.1. The number of nitrogens with two attached hydrogens (primary N) is 1. The molecule has 0 aliphatic heterocycles. The number of hydrogen-bond donors (Lipinski definition) is 3. The molecule has 140 valence electrons. The van der Waals surface area contributed by atoms with Crippen LogP contribution in [0.5, 0.6) is 5.75 Å². The van der Waals surface area contributed by atoms with Gasteiger partial charge in [-0.2, -0.15) is 0 Å². The van der Waals surface area contributed by atoms with Crippen LogP contribution in [0, 0.1) is 6.92 Å². The van der Waals surface area contributed by atoms with Crippen LogP contribution in [0.25, 0.3) is 0 Å². The maximum atomic E-state index is 11.2. The van der Waals surface area contributed by atoms with E-state index in [0.29, 0.717) is 23.9 Å². The molecule has 2 aromatic rings. The predicted octanol–water partition coefficient (Wildman–Crippen LogP) is 2.44. The third kappa shape index (κ3) is 6.50. The average molecular weight is 356 g/mol. The number of aryl methyl sites for hydroxylation is 2. The summed E-state index contributed by atoms with van der Waals surface area (Å²) in [6.07, 6.45) is 1.41. The first-order chi connectivity index (χ1) is 12.5. The molecule has 2 rings (SSSR count). The fourth-order valence-corrected chi connectivity index (χ4v) is 2.68. The molecule has 2 aromatic carbocycles. The molecule has 2 atom stereocenters. The highest BCUT2D eigenvalue weighted by Gasteiger charge is 2.10. The van der Waals surface area contributed by atoms with Crippen molar-refractivity contribution in [2.45, 2.75) is 38.8 Å². The van der Waals surface area contributed by atoms with Crippen molar-refractivity contribution in [2.24, 2.45) is 5.73 Å². The number of hydrogen-bond acceptors (Lipinski definition) is 4. The molecule has 0 aromatic heterocycles. The van der Waals surface area contributed by atoms with Crippen molar-refractivity contribution < 1.29 is 14.6 Å². The Morgan fingerprint density at radius 2 is 1.96 bits per heavy atom. The predicted molar refractivity (Wildman–Crippen MR) is 103 cm³/mol. The van der Waals surface area contributed by atoms with Gasteiger partial charge < -0.3 is 20.9 Å². The zero-order valence-electron chi connectivity index (χ0n) is 15.4. The molecule has 2 unspecified atom stereocenters. The lowest BCUT2D eigenvalue weighted by Gasteiger charge is -2.18. The SMILES string of the molecule is Cc1cc(C(N)=O)ccc1OCC(O)CNC(C)CCc1ccccc1. The van der Waals surface area contributed by atoms with E-state index in [1.165, 1.54) is 5.56 Å². The number of amides is 1. The lowest BCUT2D eigenvalue weighted by Crippen LogP contribution is -2.36. The maximum absolute atomic E-state index is 11.2. The zero-order valence-corrected chi connectivity index (χ0v) is 15.4. The van der Waals surface area contributed by atoms with Crippen molar-refractivity contribution in [3.63, 3.8) is 0 Å². The van der Waals surface area contributed by atoms with E-state index < -0.39 is 12.0 Å². The third-order valence-corrected chi connectivity index (χ3v) is 4.30. The fourth-order valence-electron chi connectivity index (χ4n) is 2.68. The van der Waals surface area contributed by atoms with Crippen molar-refractivity contribution >= 4 is 5.91 Å². The van der Waals surface area contributed by atoms with Gasteiger partial charge in [-0.1, -0.05) is 30.3 Å². The van der Waals surface area contributed by atoms with Crippen LogP contribution in [0.2, 0.25) is 0 Å². The number of carbonyl (C=O) groups excluding carboxylic acids is 1. The van der Waals surface area contributed by atoms with Crippen LogP contribution in [-0.2, 0) is 6.42 Å². The summed E-state index contributed by atoms with van der Waals surface area (Å²) in [6, 6.07) is 15.7. The van der Waals surface area contributed by atoms with E-state index in [0.717, 1.165) is 18.4 Å². The quantitative estimate of drug-likeness (QED) is 0.610. The van der Waals surface area contributed by atoms with Crippen LogP contribution in [-0.4, -0.2) is 36.3 Å². The molecular weight excluding hydrogens is 328 g/mol. The second-order valence-electron chi connectivity index (χ2n) is 6.64. The van der Waals surface area contributed by atoms with Gasteiger partial charge in [-0.15, -0.1) is 0 Å². The van der Waals surface area contributed by atoms with Crippen LogP contribution in [0.4, 0.5) is 0 Å². The largest absolute Gasteiger partial charge is 0.491 e. The van der Waals surface area contributed by atoms with Crippen molar-refractivity contribution in [3.05, 3.63) is 65.2 Å². The number of carbonyl (C=O) groups is 1. The summed E-state index contributed by atoms with van der Waals surface area (Å²) in [5, 5.41) is 13.5. The van der Waals surface area contributed by atoms with E-state index in [1.807, 2.05) is 25.1 Å². The van der Waals surface area contributed by atoms with Gasteiger partial charge in [0.15, 0.2) is 0 Å². The summed E-state index contributed by atoms with van der Waals surface area (Å²) in [5.41, 5.74) is 7.84. The minimum Gasteiger partial charge on any atom is -0.491 e. The summed E-state index contributed by atoms with van der Waals surface area (Å²) >= 11 is 0. The van der Waals surface area contributed by atoms with Crippen LogP contribution in [0.3, 0.4) is 0 Å². The summed E-state index contributed by atoms with van der Waals surface area (Å²) in [6.45, 7) is 4.62. The molecule has 0 spiro atoms. The topological polar surface area (TPSA) is 84.6 Å². The maximum Gasteiger partial charge on any atom is 0.248 e. The van der Waals surface area contributed by atoms with Gasteiger partial charge >= 0.3 is 0 Å². The van der Waals surface area contributed by atoms with Crippen molar-refractivity contribution in [3.8, 4) is 5.75 Å². The summed E-state index contributed by atoms with van der Waals surface area (Å²) < 4.78 is 5.65. The number of nitrogens with one attached hydrogen (secondary N) is 1. The van der Waals surface area contributed by atoms with Gasteiger partial charge in [-0.3, -0.25) is 4.79 Å². The number of ether oxygens (including phenoxy) is 1. The Kier molecular flexibility index (Phi) is 7.63. The molecule has 0 fully saturated rings. The second-order valence-corrected chi connectivity index (χ2v) is 6.64. The Morgan fingerprint density at radius 1 is 1.23 bits per heavy atom. The van der Waals surface area contributed by atoms with E-state index in [-0.39, 0.29) is 6.61 Å². The van der Waals surface area contributed by atoms with E-state index in [9.17, 15) is 9.90 Å². The molecule has 0 aliphatic rings. The third-order valence-electron chi connectivity index (χ3n) is 4.30. The van der Waals surface area contributed by atoms with E-state index in [4.69, 9.17) is 10.5 Å². The smallest absolute Gasteiger partial charge is 0.248 e. The zero-order chi connectivity index (χ0) is 18.9. The van der Waals surface area contributed by atoms with Crippen molar-refractivity contribution in [1.29, 1.82) is 0 Å². The Hall–Kier alpha value is -2.37. The first-order valence-electron chi connectivity index (χ1n) is 8.94. The first-order valence-corrected chi connectivity index (χ1v) is 8.94. The Balaban J connectivity index is 1.70. The normalized spacial score (nSPS) is 13.2. The number of benzene rings is 2. The van der Waals surface area contributed by atoms with Gasteiger partial charge in [0.1, 0.15) is 18.5 Å². The fraction of sp³-hybridized carbons (Fsp3) is 0.381. The minimum atomic E-state index is -0.607. The second kappa shape index (κ2) is 9.94. The molecule has 5 heteroatoms. The average Bonchev–Trinajstić information content (AvgIpc) is 2.64. The van der Waals surface area contributed by atoms with Gasteiger partial charge in [0.25, 0.3) is 0 Å². The van der Waals surface area contributed by atoms with Gasteiger partial charge in [0, 0.05) is 18.2 Å². The number of primary amides is 1. The highest BCUT2D eigenvalue weighted by atomic mass is 16.5. The Morgan fingerprint density at radius 3 is 2.62 bits per heavy atom. The number of aliphatic hydroxyl groups excluding tert-OH is 1. The standard InChI is InChI=1S/C21H28N2O3/c1-15-12-18(21(22)25)10-11-20(15)26-14-19(24)13-23-16(2)8-9-17-6-4-3-5-7-17/h3-7,10-12,16,19,23-24H,8-9,13-14H2,1-2H3,(H2,22,25). The Labute approximate surface area is 155 Å². The van der Waals surface area contributed by atoms with Gasteiger partial charge in [-0.25, -0.2) is 0 Å². The number of aliphatic hydroxyl groups is 1.